The molecular weight excluding hydrogens is 244 g/mol. The van der Waals surface area contributed by atoms with Crippen LogP contribution in [0.15, 0.2) is 18.2 Å². The summed E-state index contributed by atoms with van der Waals surface area (Å²) in [5, 5.41) is 18.2. The Morgan fingerprint density at radius 2 is 1.68 bits per heavy atom. The monoisotopic (exact) mass is 264 g/mol. The van der Waals surface area contributed by atoms with Crippen molar-refractivity contribution in [2.24, 2.45) is 0 Å². The highest BCUT2D eigenvalue weighted by Gasteiger charge is 2.19. The molecule has 1 rings (SSSR count). The van der Waals surface area contributed by atoms with E-state index >= 15 is 0 Å². The summed E-state index contributed by atoms with van der Waals surface area (Å²) in [5.74, 6) is -2.35. The van der Waals surface area contributed by atoms with Crippen LogP contribution in [0, 0.1) is 0 Å². The van der Waals surface area contributed by atoms with Gasteiger partial charge >= 0.3 is 11.9 Å². The molecule has 0 heterocycles. The number of rotatable bonds is 8. The fourth-order valence-corrected chi connectivity index (χ4v) is 2.16. The van der Waals surface area contributed by atoms with Crippen LogP contribution in [0.1, 0.15) is 65.3 Å². The minimum atomic E-state index is -1.19. The van der Waals surface area contributed by atoms with Crippen molar-refractivity contribution in [3.63, 3.8) is 0 Å². The molecule has 104 valence electrons. The number of carboxylic acids is 2. The molecule has 0 aliphatic rings. The Bertz CT molecular complexity index is 451. The van der Waals surface area contributed by atoms with Gasteiger partial charge < -0.3 is 10.2 Å². The molecule has 19 heavy (non-hydrogen) atoms. The second-order valence-corrected chi connectivity index (χ2v) is 4.61. The topological polar surface area (TPSA) is 74.6 Å². The lowest BCUT2D eigenvalue weighted by molar-refractivity contribution is 0.0650. The van der Waals surface area contributed by atoms with Crippen molar-refractivity contribution < 1.29 is 19.8 Å². The highest BCUT2D eigenvalue weighted by Crippen LogP contribution is 2.18. The summed E-state index contributed by atoms with van der Waals surface area (Å²) in [4.78, 5) is 22.2. The highest BCUT2D eigenvalue weighted by atomic mass is 16.4. The van der Waals surface area contributed by atoms with Gasteiger partial charge in [0.05, 0.1) is 11.1 Å². The van der Waals surface area contributed by atoms with Crippen LogP contribution >= 0.6 is 0 Å². The van der Waals surface area contributed by atoms with E-state index in [4.69, 9.17) is 5.11 Å². The third-order valence-corrected chi connectivity index (χ3v) is 3.14. The Hall–Kier alpha value is -1.84. The van der Waals surface area contributed by atoms with Crippen molar-refractivity contribution in [1.82, 2.24) is 0 Å². The lowest BCUT2D eigenvalue weighted by atomic mass is 9.96. The molecule has 0 unspecified atom stereocenters. The minimum Gasteiger partial charge on any atom is -0.478 e. The average Bonchev–Trinajstić information content (AvgIpc) is 2.37. The third-order valence-electron chi connectivity index (χ3n) is 3.14. The predicted molar refractivity (Wildman–Crippen MR) is 72.8 cm³/mol. The van der Waals surface area contributed by atoms with Crippen LogP contribution in [-0.4, -0.2) is 22.2 Å². The van der Waals surface area contributed by atoms with Crippen LogP contribution in [-0.2, 0) is 6.42 Å². The normalized spacial score (nSPS) is 10.4. The van der Waals surface area contributed by atoms with Gasteiger partial charge in [-0.05, 0) is 24.5 Å². The summed E-state index contributed by atoms with van der Waals surface area (Å²) < 4.78 is 0. The van der Waals surface area contributed by atoms with E-state index in [1.807, 2.05) is 0 Å². The fourth-order valence-electron chi connectivity index (χ4n) is 2.16. The van der Waals surface area contributed by atoms with Crippen LogP contribution in [0.3, 0.4) is 0 Å². The Labute approximate surface area is 113 Å². The van der Waals surface area contributed by atoms with Crippen LogP contribution in [0.2, 0.25) is 0 Å². The predicted octanol–water partition coefficient (Wildman–Crippen LogP) is 3.60. The summed E-state index contributed by atoms with van der Waals surface area (Å²) in [6.07, 6.45) is 6.04. The first kappa shape index (κ1) is 15.2. The molecule has 1 aromatic carbocycles. The molecule has 0 atom stereocenters. The number of hydrogen-bond donors (Lipinski definition) is 2. The van der Waals surface area contributed by atoms with Gasteiger partial charge in [0.25, 0.3) is 0 Å². The molecule has 4 nitrogen and oxygen atoms in total. The van der Waals surface area contributed by atoms with Crippen LogP contribution in [0.4, 0.5) is 0 Å². The molecule has 0 spiro atoms. The zero-order chi connectivity index (χ0) is 14.3. The molecular formula is C15H20O4. The molecule has 0 aliphatic heterocycles. The van der Waals surface area contributed by atoms with Gasteiger partial charge in [0.2, 0.25) is 0 Å². The first-order chi connectivity index (χ1) is 9.07. The average molecular weight is 264 g/mol. The van der Waals surface area contributed by atoms with Gasteiger partial charge in [0.15, 0.2) is 0 Å². The number of hydrogen-bond acceptors (Lipinski definition) is 2. The standard InChI is InChI=1S/C15H20O4/c1-2-3-4-5-6-8-11-9-7-10-12(14(16)17)13(11)15(18)19/h7,9-10H,2-6,8H2,1H3,(H,16,17)(H,18,19). The molecule has 0 aromatic heterocycles. The first-order valence-electron chi connectivity index (χ1n) is 6.66. The zero-order valence-electron chi connectivity index (χ0n) is 11.2. The lowest BCUT2D eigenvalue weighted by Crippen LogP contribution is -2.11. The summed E-state index contributed by atoms with van der Waals surface area (Å²) >= 11 is 0. The second-order valence-electron chi connectivity index (χ2n) is 4.61. The number of unbranched alkanes of at least 4 members (excludes halogenated alkanes) is 4. The molecule has 0 saturated heterocycles. The van der Waals surface area contributed by atoms with E-state index in [2.05, 4.69) is 6.92 Å². The van der Waals surface area contributed by atoms with E-state index < -0.39 is 11.9 Å². The van der Waals surface area contributed by atoms with E-state index in [9.17, 15) is 14.7 Å². The third kappa shape index (κ3) is 4.39. The Morgan fingerprint density at radius 1 is 1.00 bits per heavy atom. The maximum Gasteiger partial charge on any atom is 0.336 e. The van der Waals surface area contributed by atoms with Gasteiger partial charge in [-0.2, -0.15) is 0 Å². The quantitative estimate of drug-likeness (QED) is 0.703. The fraction of sp³-hybridized carbons (Fsp3) is 0.467. The van der Waals surface area contributed by atoms with Crippen molar-refractivity contribution in [3.8, 4) is 0 Å². The highest BCUT2D eigenvalue weighted by molar-refractivity contribution is 6.02. The van der Waals surface area contributed by atoms with Crippen molar-refractivity contribution in [2.75, 3.05) is 0 Å². The number of carbonyl (C=O) groups is 2. The van der Waals surface area contributed by atoms with Gasteiger partial charge in [0, 0.05) is 0 Å². The summed E-state index contributed by atoms with van der Waals surface area (Å²) in [6.45, 7) is 2.14. The van der Waals surface area contributed by atoms with Gasteiger partial charge in [0.1, 0.15) is 0 Å². The van der Waals surface area contributed by atoms with Gasteiger partial charge in [-0.25, -0.2) is 9.59 Å². The SMILES string of the molecule is CCCCCCCc1cccc(C(=O)O)c1C(=O)O. The van der Waals surface area contributed by atoms with Crippen molar-refractivity contribution in [1.29, 1.82) is 0 Å². The number of aromatic carboxylic acids is 2. The van der Waals surface area contributed by atoms with Crippen molar-refractivity contribution >= 4 is 11.9 Å². The maximum absolute atomic E-state index is 11.2. The molecule has 4 heteroatoms. The Morgan fingerprint density at radius 3 is 2.26 bits per heavy atom. The van der Waals surface area contributed by atoms with Crippen molar-refractivity contribution in [2.45, 2.75) is 45.4 Å². The molecule has 0 radical (unpaired) electrons. The van der Waals surface area contributed by atoms with E-state index in [0.29, 0.717) is 12.0 Å². The van der Waals surface area contributed by atoms with Crippen LogP contribution < -0.4 is 0 Å². The van der Waals surface area contributed by atoms with Gasteiger partial charge in [-0.1, -0.05) is 44.7 Å². The van der Waals surface area contributed by atoms with Crippen molar-refractivity contribution in [3.05, 3.63) is 34.9 Å². The van der Waals surface area contributed by atoms with Gasteiger partial charge in [-0.15, -0.1) is 0 Å². The van der Waals surface area contributed by atoms with E-state index in [1.165, 1.54) is 12.5 Å². The molecule has 1 aromatic rings. The van der Waals surface area contributed by atoms with Crippen LogP contribution in [0.5, 0.6) is 0 Å². The Kier molecular flexibility index (Phi) is 6.06. The van der Waals surface area contributed by atoms with Crippen LogP contribution in [0.25, 0.3) is 0 Å². The zero-order valence-corrected chi connectivity index (χ0v) is 11.2. The minimum absolute atomic E-state index is 0.0644. The smallest absolute Gasteiger partial charge is 0.336 e. The summed E-state index contributed by atoms with van der Waals surface area (Å²) in [6, 6.07) is 4.65. The maximum atomic E-state index is 11.2. The molecule has 0 aliphatic carbocycles. The van der Waals surface area contributed by atoms with Gasteiger partial charge in [-0.3, -0.25) is 0 Å². The van der Waals surface area contributed by atoms with E-state index in [0.717, 1.165) is 25.7 Å². The second kappa shape index (κ2) is 7.56. The molecule has 0 saturated carbocycles. The molecule has 0 amide bonds. The van der Waals surface area contributed by atoms with E-state index in [1.54, 1.807) is 12.1 Å². The number of benzene rings is 1. The molecule has 0 bridgehead atoms. The Balaban J connectivity index is 2.80. The number of carboxylic acid groups (broad SMARTS) is 2. The summed E-state index contributed by atoms with van der Waals surface area (Å²) in [7, 11) is 0. The number of aryl methyl sites for hydroxylation is 1. The molecule has 0 fully saturated rings. The summed E-state index contributed by atoms with van der Waals surface area (Å²) in [5.41, 5.74) is 0.424. The molecule has 2 N–H and O–H groups in total. The lowest BCUT2D eigenvalue weighted by Gasteiger charge is -2.08. The first-order valence-corrected chi connectivity index (χ1v) is 6.66. The largest absolute Gasteiger partial charge is 0.478 e. The van der Waals surface area contributed by atoms with E-state index in [-0.39, 0.29) is 11.1 Å².